The number of hydrogen-bond acceptors (Lipinski definition) is 4. The third kappa shape index (κ3) is 2.91. The molecule has 3 rings (SSSR count). The van der Waals surface area contributed by atoms with E-state index in [4.69, 9.17) is 14.2 Å². The first-order valence-corrected chi connectivity index (χ1v) is 7.52. The molecule has 0 aromatic heterocycles. The van der Waals surface area contributed by atoms with E-state index in [1.807, 2.05) is 13.1 Å². The summed E-state index contributed by atoms with van der Waals surface area (Å²) in [5.74, 6) is 2.52. The van der Waals surface area contributed by atoms with Gasteiger partial charge in [-0.3, -0.25) is 0 Å². The molecule has 0 amide bonds. The lowest BCUT2D eigenvalue weighted by molar-refractivity contribution is 0.0605. The fourth-order valence-corrected chi connectivity index (χ4v) is 3.09. The number of fused-ring (bicyclic) bond motifs is 1. The highest BCUT2D eigenvalue weighted by Crippen LogP contribution is 2.39. The molecule has 1 N–H and O–H groups in total. The zero-order chi connectivity index (χ0) is 13.8. The van der Waals surface area contributed by atoms with E-state index in [-0.39, 0.29) is 0 Å². The lowest BCUT2D eigenvalue weighted by Crippen LogP contribution is -2.25. The summed E-state index contributed by atoms with van der Waals surface area (Å²) < 4.78 is 17.0. The topological polar surface area (TPSA) is 39.7 Å². The third-order valence-corrected chi connectivity index (χ3v) is 4.23. The summed E-state index contributed by atoms with van der Waals surface area (Å²) >= 11 is 0. The maximum Gasteiger partial charge on any atom is 0.166 e. The molecule has 0 spiro atoms. The molecular weight excluding hydrogens is 254 g/mol. The molecule has 1 atom stereocenters. The van der Waals surface area contributed by atoms with E-state index in [0.717, 1.165) is 49.9 Å². The second kappa shape index (κ2) is 6.46. The van der Waals surface area contributed by atoms with E-state index >= 15 is 0 Å². The van der Waals surface area contributed by atoms with Crippen LogP contribution in [0.1, 0.15) is 30.9 Å². The van der Waals surface area contributed by atoms with Crippen LogP contribution in [0, 0.1) is 5.92 Å². The highest BCUT2D eigenvalue weighted by Gasteiger charge is 2.24. The van der Waals surface area contributed by atoms with Crippen molar-refractivity contribution in [2.75, 3.05) is 33.5 Å². The van der Waals surface area contributed by atoms with Gasteiger partial charge in [0.15, 0.2) is 11.5 Å². The van der Waals surface area contributed by atoms with Gasteiger partial charge in [-0.25, -0.2) is 0 Å². The normalized spacial score (nSPS) is 20.6. The van der Waals surface area contributed by atoms with E-state index in [2.05, 4.69) is 17.4 Å². The predicted octanol–water partition coefficient (Wildman–Crippen LogP) is 2.54. The summed E-state index contributed by atoms with van der Waals surface area (Å²) in [6, 6.07) is 6.50. The van der Waals surface area contributed by atoms with Crippen LogP contribution >= 0.6 is 0 Å². The summed E-state index contributed by atoms with van der Waals surface area (Å²) in [5, 5.41) is 3.44. The number of para-hydroxylation sites is 1. The third-order valence-electron chi connectivity index (χ3n) is 4.23. The second-order valence-electron chi connectivity index (χ2n) is 5.50. The average molecular weight is 277 g/mol. The van der Waals surface area contributed by atoms with Crippen molar-refractivity contribution in [1.82, 2.24) is 5.32 Å². The van der Waals surface area contributed by atoms with Crippen LogP contribution in [0.3, 0.4) is 0 Å². The molecule has 1 saturated heterocycles. The Hall–Kier alpha value is -1.26. The Morgan fingerprint density at radius 3 is 2.75 bits per heavy atom. The first-order valence-electron chi connectivity index (χ1n) is 7.52. The lowest BCUT2D eigenvalue weighted by Gasteiger charge is -2.29. The molecule has 2 aliphatic rings. The molecule has 20 heavy (non-hydrogen) atoms. The Bertz CT molecular complexity index is 443. The Balaban J connectivity index is 1.78. The zero-order valence-electron chi connectivity index (χ0n) is 12.1. The van der Waals surface area contributed by atoms with Crippen molar-refractivity contribution in [3.05, 3.63) is 23.8 Å². The summed E-state index contributed by atoms with van der Waals surface area (Å²) in [6.45, 7) is 3.07. The Kier molecular flexibility index (Phi) is 4.43. The van der Waals surface area contributed by atoms with Crippen molar-refractivity contribution in [1.29, 1.82) is 0 Å². The van der Waals surface area contributed by atoms with Crippen LogP contribution in [0.25, 0.3) is 0 Å². The quantitative estimate of drug-likeness (QED) is 0.918. The van der Waals surface area contributed by atoms with Crippen molar-refractivity contribution in [3.63, 3.8) is 0 Å². The molecule has 4 nitrogen and oxygen atoms in total. The first kappa shape index (κ1) is 13.7. The number of benzene rings is 1. The summed E-state index contributed by atoms with van der Waals surface area (Å²) in [4.78, 5) is 0. The molecular formula is C16H23NO3. The average Bonchev–Trinajstić information content (AvgIpc) is 2.53. The molecule has 1 aromatic carbocycles. The van der Waals surface area contributed by atoms with Gasteiger partial charge in [-0.1, -0.05) is 12.1 Å². The van der Waals surface area contributed by atoms with Crippen molar-refractivity contribution in [3.8, 4) is 11.5 Å². The van der Waals surface area contributed by atoms with Crippen LogP contribution in [0.2, 0.25) is 0 Å². The van der Waals surface area contributed by atoms with Crippen LogP contribution in [0.5, 0.6) is 11.5 Å². The van der Waals surface area contributed by atoms with Gasteiger partial charge in [-0.2, -0.15) is 0 Å². The Labute approximate surface area is 120 Å². The van der Waals surface area contributed by atoms with Gasteiger partial charge in [0.1, 0.15) is 13.2 Å². The second-order valence-corrected chi connectivity index (χ2v) is 5.50. The van der Waals surface area contributed by atoms with E-state index in [0.29, 0.717) is 19.3 Å². The first-order chi connectivity index (χ1) is 9.88. The Morgan fingerprint density at radius 1 is 1.15 bits per heavy atom. The molecule has 110 valence electrons. The van der Waals surface area contributed by atoms with Gasteiger partial charge in [0.25, 0.3) is 0 Å². The number of rotatable bonds is 4. The molecule has 0 saturated carbocycles. The van der Waals surface area contributed by atoms with E-state index in [1.165, 1.54) is 5.56 Å². The van der Waals surface area contributed by atoms with Gasteiger partial charge in [0.05, 0.1) is 0 Å². The minimum Gasteiger partial charge on any atom is -0.486 e. The molecule has 2 heterocycles. The van der Waals surface area contributed by atoms with Crippen molar-refractivity contribution < 1.29 is 14.2 Å². The maximum atomic E-state index is 5.84. The smallest absolute Gasteiger partial charge is 0.166 e. The number of nitrogens with one attached hydrogen (secondary N) is 1. The Morgan fingerprint density at radius 2 is 1.95 bits per heavy atom. The van der Waals surface area contributed by atoms with Crippen LogP contribution in [-0.4, -0.2) is 33.5 Å². The van der Waals surface area contributed by atoms with Crippen molar-refractivity contribution >= 4 is 0 Å². The number of hydrogen-bond donors (Lipinski definition) is 1. The minimum atomic E-state index is 0.315. The SMILES string of the molecule is CNC(CC1CCOCC1)c1cccc2c1OCCO2. The molecule has 4 heteroatoms. The van der Waals surface area contributed by atoms with Crippen LogP contribution in [-0.2, 0) is 4.74 Å². The lowest BCUT2D eigenvalue weighted by atomic mass is 9.89. The van der Waals surface area contributed by atoms with Crippen molar-refractivity contribution in [2.45, 2.75) is 25.3 Å². The van der Waals surface area contributed by atoms with Gasteiger partial charge in [0, 0.05) is 24.8 Å². The largest absolute Gasteiger partial charge is 0.486 e. The molecule has 0 aliphatic carbocycles. The van der Waals surface area contributed by atoms with Crippen LogP contribution in [0.15, 0.2) is 18.2 Å². The van der Waals surface area contributed by atoms with Crippen molar-refractivity contribution in [2.24, 2.45) is 5.92 Å². The van der Waals surface area contributed by atoms with E-state index in [1.54, 1.807) is 0 Å². The summed E-state index contributed by atoms with van der Waals surface area (Å²) in [6.07, 6.45) is 3.44. The van der Waals surface area contributed by atoms with Gasteiger partial charge >= 0.3 is 0 Å². The standard InChI is InChI=1S/C16H23NO3/c1-17-14(11-12-5-7-18-8-6-12)13-3-2-4-15-16(13)20-10-9-19-15/h2-4,12,14,17H,5-11H2,1H3. The van der Waals surface area contributed by atoms with Gasteiger partial charge < -0.3 is 19.5 Å². The number of ether oxygens (including phenoxy) is 3. The molecule has 0 radical (unpaired) electrons. The molecule has 0 bridgehead atoms. The van der Waals surface area contributed by atoms with E-state index in [9.17, 15) is 0 Å². The maximum absolute atomic E-state index is 5.84. The van der Waals surface area contributed by atoms with Gasteiger partial charge in [0.2, 0.25) is 0 Å². The molecule has 1 aromatic rings. The van der Waals surface area contributed by atoms with Gasteiger partial charge in [-0.15, -0.1) is 0 Å². The fraction of sp³-hybridized carbons (Fsp3) is 0.625. The molecule has 1 unspecified atom stereocenters. The fourth-order valence-electron chi connectivity index (χ4n) is 3.09. The monoisotopic (exact) mass is 277 g/mol. The zero-order valence-corrected chi connectivity index (χ0v) is 12.1. The summed E-state index contributed by atoms with van der Waals surface area (Å²) in [5.41, 5.74) is 1.22. The van der Waals surface area contributed by atoms with Crippen LogP contribution < -0.4 is 14.8 Å². The van der Waals surface area contributed by atoms with E-state index < -0.39 is 0 Å². The highest BCUT2D eigenvalue weighted by atomic mass is 16.6. The molecule has 1 fully saturated rings. The highest BCUT2D eigenvalue weighted by molar-refractivity contribution is 5.48. The predicted molar refractivity (Wildman–Crippen MR) is 77.4 cm³/mol. The minimum absolute atomic E-state index is 0.315. The van der Waals surface area contributed by atoms with Crippen LogP contribution in [0.4, 0.5) is 0 Å². The van der Waals surface area contributed by atoms with Gasteiger partial charge in [-0.05, 0) is 38.3 Å². The molecule has 2 aliphatic heterocycles. The summed E-state index contributed by atoms with van der Waals surface area (Å²) in [7, 11) is 2.02.